The highest BCUT2D eigenvalue weighted by Gasteiger charge is 2.21. The summed E-state index contributed by atoms with van der Waals surface area (Å²) < 4.78 is 11.3. The van der Waals surface area contributed by atoms with E-state index in [0.717, 1.165) is 43.5 Å². The lowest BCUT2D eigenvalue weighted by Gasteiger charge is -2.32. The molecule has 1 atom stereocenters. The van der Waals surface area contributed by atoms with Crippen molar-refractivity contribution in [3.05, 3.63) is 84.4 Å². The number of morpholine rings is 1. The van der Waals surface area contributed by atoms with E-state index in [-0.39, 0.29) is 11.9 Å². The van der Waals surface area contributed by atoms with E-state index in [1.165, 1.54) is 11.3 Å². The Hall–Kier alpha value is -3.35. The number of nitrogens with zero attached hydrogens (tertiary/aromatic N) is 2. The maximum absolute atomic E-state index is 12.9. The van der Waals surface area contributed by atoms with Crippen LogP contribution in [0.15, 0.2) is 78.9 Å². The summed E-state index contributed by atoms with van der Waals surface area (Å²) in [5.74, 6) is 1.46. The standard InChI is InChI=1S/C27H31N3O3/c1-21(29(2)20-22-8-6-7-11-26(22)30-16-18-32-19-17-30)27(31)28-23-12-14-25(15-13-23)33-24-9-4-3-5-10-24/h3-15,21H,16-20H2,1-2H3,(H,28,31). The lowest BCUT2D eigenvalue weighted by atomic mass is 10.1. The average Bonchev–Trinajstić information content (AvgIpc) is 2.86. The minimum atomic E-state index is -0.289. The second kappa shape index (κ2) is 11.0. The lowest BCUT2D eigenvalue weighted by molar-refractivity contribution is -0.120. The van der Waals surface area contributed by atoms with Gasteiger partial charge in [-0.3, -0.25) is 9.69 Å². The van der Waals surface area contributed by atoms with E-state index in [1.807, 2.05) is 68.6 Å². The first-order valence-corrected chi connectivity index (χ1v) is 11.3. The molecule has 3 aromatic carbocycles. The van der Waals surface area contributed by atoms with E-state index in [0.29, 0.717) is 6.54 Å². The smallest absolute Gasteiger partial charge is 0.241 e. The molecule has 0 saturated carbocycles. The molecule has 1 fully saturated rings. The Morgan fingerprint density at radius 3 is 2.33 bits per heavy atom. The summed E-state index contributed by atoms with van der Waals surface area (Å²) in [5, 5.41) is 3.01. The van der Waals surface area contributed by atoms with E-state index < -0.39 is 0 Å². The van der Waals surface area contributed by atoms with Crippen LogP contribution in [-0.4, -0.2) is 50.2 Å². The highest BCUT2D eigenvalue weighted by Crippen LogP contribution is 2.25. The van der Waals surface area contributed by atoms with Crippen LogP contribution in [0.4, 0.5) is 11.4 Å². The van der Waals surface area contributed by atoms with Crippen molar-refractivity contribution < 1.29 is 14.3 Å². The lowest BCUT2D eigenvalue weighted by Crippen LogP contribution is -2.40. The molecule has 1 saturated heterocycles. The van der Waals surface area contributed by atoms with Crippen LogP contribution in [0.5, 0.6) is 11.5 Å². The highest BCUT2D eigenvalue weighted by atomic mass is 16.5. The highest BCUT2D eigenvalue weighted by molar-refractivity contribution is 5.94. The molecule has 0 bridgehead atoms. The first kappa shape index (κ1) is 22.8. The molecule has 3 aromatic rings. The van der Waals surface area contributed by atoms with Crippen molar-refractivity contribution in [3.8, 4) is 11.5 Å². The third-order valence-corrected chi connectivity index (χ3v) is 5.90. The monoisotopic (exact) mass is 445 g/mol. The molecular formula is C27H31N3O3. The number of nitrogens with one attached hydrogen (secondary N) is 1. The minimum absolute atomic E-state index is 0.0434. The number of carbonyl (C=O) groups is 1. The third-order valence-electron chi connectivity index (χ3n) is 5.90. The maximum Gasteiger partial charge on any atom is 0.241 e. The number of ether oxygens (including phenoxy) is 2. The number of amides is 1. The molecule has 0 aromatic heterocycles. The molecule has 4 rings (SSSR count). The van der Waals surface area contributed by atoms with Gasteiger partial charge in [-0.1, -0.05) is 36.4 Å². The van der Waals surface area contributed by atoms with E-state index >= 15 is 0 Å². The van der Waals surface area contributed by atoms with Crippen molar-refractivity contribution >= 4 is 17.3 Å². The number of benzene rings is 3. The number of anilines is 2. The molecule has 6 heteroatoms. The summed E-state index contributed by atoms with van der Waals surface area (Å²) >= 11 is 0. The van der Waals surface area contributed by atoms with Gasteiger partial charge in [0.05, 0.1) is 19.3 Å². The van der Waals surface area contributed by atoms with Gasteiger partial charge in [0.25, 0.3) is 0 Å². The Bertz CT molecular complexity index is 1030. The fourth-order valence-corrected chi connectivity index (χ4v) is 3.84. The molecule has 1 unspecified atom stereocenters. The largest absolute Gasteiger partial charge is 0.457 e. The van der Waals surface area contributed by atoms with Crippen molar-refractivity contribution in [2.24, 2.45) is 0 Å². The SMILES string of the molecule is CC(C(=O)Nc1ccc(Oc2ccccc2)cc1)N(C)Cc1ccccc1N1CCOCC1. The van der Waals surface area contributed by atoms with Crippen molar-refractivity contribution in [1.29, 1.82) is 0 Å². The van der Waals surface area contributed by atoms with Gasteiger partial charge in [0.15, 0.2) is 0 Å². The second-order valence-electron chi connectivity index (χ2n) is 8.25. The first-order chi connectivity index (χ1) is 16.1. The molecule has 1 heterocycles. The Morgan fingerprint density at radius 1 is 0.970 bits per heavy atom. The summed E-state index contributed by atoms with van der Waals surface area (Å²) in [6.45, 7) is 5.89. The molecular weight excluding hydrogens is 414 g/mol. The van der Waals surface area contributed by atoms with Crippen LogP contribution in [0.25, 0.3) is 0 Å². The Labute approximate surface area is 195 Å². The van der Waals surface area contributed by atoms with Gasteiger partial charge >= 0.3 is 0 Å². The third kappa shape index (κ3) is 6.12. The Kier molecular flexibility index (Phi) is 7.60. The predicted molar refractivity (Wildman–Crippen MR) is 132 cm³/mol. The molecule has 1 amide bonds. The molecule has 1 aliphatic heterocycles. The fourth-order valence-electron chi connectivity index (χ4n) is 3.84. The number of para-hydroxylation sites is 2. The number of carbonyl (C=O) groups excluding carboxylic acids is 1. The number of hydrogen-bond acceptors (Lipinski definition) is 5. The van der Waals surface area contributed by atoms with Crippen LogP contribution in [0, 0.1) is 0 Å². The Balaban J connectivity index is 1.34. The molecule has 0 radical (unpaired) electrons. The molecule has 6 nitrogen and oxygen atoms in total. The molecule has 33 heavy (non-hydrogen) atoms. The first-order valence-electron chi connectivity index (χ1n) is 11.3. The van der Waals surface area contributed by atoms with Gasteiger partial charge in [-0.2, -0.15) is 0 Å². The van der Waals surface area contributed by atoms with Crippen LogP contribution < -0.4 is 15.0 Å². The van der Waals surface area contributed by atoms with E-state index in [2.05, 4.69) is 39.4 Å². The topological polar surface area (TPSA) is 54.0 Å². The predicted octanol–water partition coefficient (Wildman–Crippen LogP) is 4.77. The van der Waals surface area contributed by atoms with Crippen LogP contribution in [0.3, 0.4) is 0 Å². The van der Waals surface area contributed by atoms with Gasteiger partial charge in [-0.25, -0.2) is 0 Å². The van der Waals surface area contributed by atoms with Crippen molar-refractivity contribution in [3.63, 3.8) is 0 Å². The zero-order valence-corrected chi connectivity index (χ0v) is 19.2. The molecule has 1 N–H and O–H groups in total. The van der Waals surface area contributed by atoms with Gasteiger partial charge < -0.3 is 19.7 Å². The van der Waals surface area contributed by atoms with Crippen molar-refractivity contribution in [2.45, 2.75) is 19.5 Å². The number of hydrogen-bond donors (Lipinski definition) is 1. The Morgan fingerprint density at radius 2 is 1.61 bits per heavy atom. The zero-order chi connectivity index (χ0) is 23.0. The van der Waals surface area contributed by atoms with E-state index in [9.17, 15) is 4.79 Å². The second-order valence-corrected chi connectivity index (χ2v) is 8.25. The summed E-state index contributed by atoms with van der Waals surface area (Å²) in [7, 11) is 1.98. The molecule has 0 aliphatic carbocycles. The molecule has 172 valence electrons. The van der Waals surface area contributed by atoms with Gasteiger partial charge in [0.2, 0.25) is 5.91 Å². The van der Waals surface area contributed by atoms with Gasteiger partial charge in [0, 0.05) is 31.0 Å². The van der Waals surface area contributed by atoms with Gasteiger partial charge in [-0.05, 0) is 62.0 Å². The van der Waals surface area contributed by atoms with Crippen molar-refractivity contribution in [1.82, 2.24) is 4.90 Å². The molecule has 0 spiro atoms. The van der Waals surface area contributed by atoms with Crippen LogP contribution >= 0.6 is 0 Å². The van der Waals surface area contributed by atoms with Crippen LogP contribution in [0.2, 0.25) is 0 Å². The number of likely N-dealkylation sites (N-methyl/N-ethyl adjacent to an activating group) is 1. The zero-order valence-electron chi connectivity index (χ0n) is 19.2. The summed E-state index contributed by atoms with van der Waals surface area (Å²) in [5.41, 5.74) is 3.17. The minimum Gasteiger partial charge on any atom is -0.457 e. The maximum atomic E-state index is 12.9. The normalized spacial score (nSPS) is 14.7. The van der Waals surface area contributed by atoms with E-state index in [1.54, 1.807) is 0 Å². The van der Waals surface area contributed by atoms with Crippen molar-refractivity contribution in [2.75, 3.05) is 43.6 Å². The summed E-state index contributed by atoms with van der Waals surface area (Å²) in [6, 6.07) is 25.2. The summed E-state index contributed by atoms with van der Waals surface area (Å²) in [4.78, 5) is 17.3. The van der Waals surface area contributed by atoms with Gasteiger partial charge in [0.1, 0.15) is 11.5 Å². The quantitative estimate of drug-likeness (QED) is 0.541. The average molecular weight is 446 g/mol. The van der Waals surface area contributed by atoms with Gasteiger partial charge in [-0.15, -0.1) is 0 Å². The fraction of sp³-hybridized carbons (Fsp3) is 0.296. The van der Waals surface area contributed by atoms with Crippen LogP contribution in [0.1, 0.15) is 12.5 Å². The number of rotatable bonds is 8. The molecule has 1 aliphatic rings. The van der Waals surface area contributed by atoms with Crippen LogP contribution in [-0.2, 0) is 16.1 Å². The summed E-state index contributed by atoms with van der Waals surface area (Å²) in [6.07, 6.45) is 0. The van der Waals surface area contributed by atoms with E-state index in [4.69, 9.17) is 9.47 Å².